The van der Waals surface area contributed by atoms with Crippen LogP contribution in [0.15, 0.2) is 57.8 Å². The number of aromatic nitrogens is 1. The van der Waals surface area contributed by atoms with Crippen LogP contribution in [0, 0.1) is 0 Å². The molecule has 0 aliphatic heterocycles. The first-order valence-electron chi connectivity index (χ1n) is 5.97. The van der Waals surface area contributed by atoms with Gasteiger partial charge >= 0.3 is 0 Å². The van der Waals surface area contributed by atoms with E-state index in [1.54, 1.807) is 23.1 Å². The monoisotopic (exact) mass is 271 g/mol. The van der Waals surface area contributed by atoms with Gasteiger partial charge in [0, 0.05) is 4.90 Å². The quantitative estimate of drug-likeness (QED) is 0.664. The van der Waals surface area contributed by atoms with Crippen LogP contribution in [0.3, 0.4) is 0 Å². The molecule has 0 radical (unpaired) electrons. The molecule has 1 heterocycles. The summed E-state index contributed by atoms with van der Waals surface area (Å²) in [6.07, 6.45) is 1.09. The van der Waals surface area contributed by atoms with Crippen molar-refractivity contribution in [3.8, 4) is 0 Å². The van der Waals surface area contributed by atoms with E-state index < -0.39 is 0 Å². The molecule has 0 saturated carbocycles. The Morgan fingerprint density at radius 1 is 1.06 bits per heavy atom. The maximum absolute atomic E-state index is 4.63. The minimum atomic E-state index is 1.09. The van der Waals surface area contributed by atoms with Crippen LogP contribution >= 0.6 is 23.1 Å². The first kappa shape index (κ1) is 11.8. The number of rotatable bonds is 3. The van der Waals surface area contributed by atoms with Gasteiger partial charge in [-0.15, -0.1) is 11.3 Å². The number of nitrogens with zero attached hydrogens (tertiary/aromatic N) is 1. The SMILES string of the molecule is CCc1ccc(Sc2nc3ccccc3s2)cc1. The van der Waals surface area contributed by atoms with Gasteiger partial charge in [0.05, 0.1) is 10.2 Å². The van der Waals surface area contributed by atoms with Crippen molar-refractivity contribution in [2.45, 2.75) is 22.6 Å². The summed E-state index contributed by atoms with van der Waals surface area (Å²) < 4.78 is 2.37. The van der Waals surface area contributed by atoms with Crippen LogP contribution in [0.1, 0.15) is 12.5 Å². The lowest BCUT2D eigenvalue weighted by Crippen LogP contribution is -1.78. The Kier molecular flexibility index (Phi) is 3.35. The predicted octanol–water partition coefficient (Wildman–Crippen LogP) is 5.01. The zero-order valence-electron chi connectivity index (χ0n) is 10.1. The molecule has 90 valence electrons. The van der Waals surface area contributed by atoms with E-state index in [0.717, 1.165) is 16.3 Å². The Morgan fingerprint density at radius 2 is 1.83 bits per heavy atom. The van der Waals surface area contributed by atoms with E-state index in [2.05, 4.69) is 54.4 Å². The summed E-state index contributed by atoms with van der Waals surface area (Å²) in [5.74, 6) is 0. The highest BCUT2D eigenvalue weighted by Gasteiger charge is 2.04. The Hall–Kier alpha value is -1.32. The zero-order chi connectivity index (χ0) is 12.4. The van der Waals surface area contributed by atoms with E-state index in [4.69, 9.17) is 0 Å². The molecule has 2 aromatic carbocycles. The summed E-state index contributed by atoms with van der Waals surface area (Å²) in [5.41, 5.74) is 2.47. The molecule has 3 aromatic rings. The van der Waals surface area contributed by atoms with Crippen molar-refractivity contribution in [2.75, 3.05) is 0 Å². The normalized spacial score (nSPS) is 10.9. The van der Waals surface area contributed by atoms with E-state index in [0.29, 0.717) is 0 Å². The van der Waals surface area contributed by atoms with Crippen LogP contribution < -0.4 is 0 Å². The van der Waals surface area contributed by atoms with Gasteiger partial charge in [-0.2, -0.15) is 0 Å². The molecule has 1 nitrogen and oxygen atoms in total. The molecule has 0 amide bonds. The van der Waals surface area contributed by atoms with Gasteiger partial charge in [-0.1, -0.05) is 43.0 Å². The molecule has 0 aliphatic carbocycles. The van der Waals surface area contributed by atoms with E-state index in [9.17, 15) is 0 Å². The predicted molar refractivity (Wildman–Crippen MR) is 79.6 cm³/mol. The number of aryl methyl sites for hydroxylation is 1. The molecule has 0 bridgehead atoms. The van der Waals surface area contributed by atoms with Crippen LogP contribution in [0.2, 0.25) is 0 Å². The maximum Gasteiger partial charge on any atom is 0.155 e. The Morgan fingerprint density at radius 3 is 2.56 bits per heavy atom. The number of para-hydroxylation sites is 1. The van der Waals surface area contributed by atoms with Crippen LogP contribution in [0.4, 0.5) is 0 Å². The first-order valence-corrected chi connectivity index (χ1v) is 7.61. The summed E-state index contributed by atoms with van der Waals surface area (Å²) in [7, 11) is 0. The largest absolute Gasteiger partial charge is 0.229 e. The van der Waals surface area contributed by atoms with E-state index >= 15 is 0 Å². The molecule has 3 heteroatoms. The molecule has 3 rings (SSSR count). The van der Waals surface area contributed by atoms with Gasteiger partial charge in [-0.25, -0.2) is 4.98 Å². The third-order valence-electron chi connectivity index (χ3n) is 2.81. The summed E-state index contributed by atoms with van der Waals surface area (Å²) >= 11 is 3.49. The van der Waals surface area contributed by atoms with Gasteiger partial charge in [0.25, 0.3) is 0 Å². The molecule has 0 saturated heterocycles. The lowest BCUT2D eigenvalue weighted by molar-refractivity contribution is 1.13. The number of hydrogen-bond donors (Lipinski definition) is 0. The van der Waals surface area contributed by atoms with E-state index in [1.165, 1.54) is 15.2 Å². The summed E-state index contributed by atoms with van der Waals surface area (Å²) in [6.45, 7) is 2.18. The van der Waals surface area contributed by atoms with Crippen LogP contribution in [0.25, 0.3) is 10.2 Å². The van der Waals surface area contributed by atoms with Crippen molar-refractivity contribution in [1.29, 1.82) is 0 Å². The summed E-state index contributed by atoms with van der Waals surface area (Å²) in [6, 6.07) is 17.0. The highest BCUT2D eigenvalue weighted by atomic mass is 32.2. The highest BCUT2D eigenvalue weighted by molar-refractivity contribution is 8.01. The van der Waals surface area contributed by atoms with Gasteiger partial charge in [0.15, 0.2) is 4.34 Å². The standard InChI is InChI=1S/C15H13NS2/c1-2-11-7-9-12(10-8-11)17-15-16-13-5-3-4-6-14(13)18-15/h3-10H,2H2,1H3. The number of hydrogen-bond acceptors (Lipinski definition) is 3. The molecule has 0 aliphatic rings. The maximum atomic E-state index is 4.63. The summed E-state index contributed by atoms with van der Waals surface area (Å²) in [5, 5.41) is 0. The average Bonchev–Trinajstić information content (AvgIpc) is 2.82. The third kappa shape index (κ3) is 2.42. The average molecular weight is 271 g/mol. The lowest BCUT2D eigenvalue weighted by Gasteiger charge is -1.99. The molecular weight excluding hydrogens is 258 g/mol. The molecule has 0 atom stereocenters. The number of thiazole rings is 1. The van der Waals surface area contributed by atoms with Gasteiger partial charge < -0.3 is 0 Å². The van der Waals surface area contributed by atoms with Crippen molar-refractivity contribution in [3.63, 3.8) is 0 Å². The molecular formula is C15H13NS2. The molecule has 0 spiro atoms. The first-order chi connectivity index (χ1) is 8.85. The molecule has 0 unspecified atom stereocenters. The molecule has 0 fully saturated rings. The second kappa shape index (κ2) is 5.12. The van der Waals surface area contributed by atoms with Gasteiger partial charge in [0.1, 0.15) is 0 Å². The number of benzene rings is 2. The second-order valence-corrected chi connectivity index (χ2v) is 6.40. The molecule has 18 heavy (non-hydrogen) atoms. The van der Waals surface area contributed by atoms with Crippen molar-refractivity contribution >= 4 is 33.3 Å². The third-order valence-corrected chi connectivity index (χ3v) is 4.92. The van der Waals surface area contributed by atoms with Gasteiger partial charge in [-0.05, 0) is 36.2 Å². The highest BCUT2D eigenvalue weighted by Crippen LogP contribution is 2.34. The van der Waals surface area contributed by atoms with Crippen molar-refractivity contribution < 1.29 is 0 Å². The van der Waals surface area contributed by atoms with Crippen molar-refractivity contribution in [1.82, 2.24) is 4.98 Å². The van der Waals surface area contributed by atoms with Crippen molar-refractivity contribution in [2.24, 2.45) is 0 Å². The Labute approximate surface area is 115 Å². The Bertz CT molecular complexity index is 623. The fourth-order valence-corrected chi connectivity index (χ4v) is 3.83. The fourth-order valence-electron chi connectivity index (χ4n) is 1.79. The number of fused-ring (bicyclic) bond motifs is 1. The van der Waals surface area contributed by atoms with E-state index in [-0.39, 0.29) is 0 Å². The topological polar surface area (TPSA) is 12.9 Å². The smallest absolute Gasteiger partial charge is 0.155 e. The molecule has 0 N–H and O–H groups in total. The fraction of sp³-hybridized carbons (Fsp3) is 0.133. The van der Waals surface area contributed by atoms with E-state index in [1.807, 2.05) is 6.07 Å². The Balaban J connectivity index is 1.86. The summed E-state index contributed by atoms with van der Waals surface area (Å²) in [4.78, 5) is 5.89. The van der Waals surface area contributed by atoms with Crippen molar-refractivity contribution in [3.05, 3.63) is 54.1 Å². The second-order valence-electron chi connectivity index (χ2n) is 4.05. The van der Waals surface area contributed by atoms with Crippen LogP contribution in [0.5, 0.6) is 0 Å². The molecule has 1 aromatic heterocycles. The van der Waals surface area contributed by atoms with Gasteiger partial charge in [-0.3, -0.25) is 0 Å². The lowest BCUT2D eigenvalue weighted by atomic mass is 10.2. The zero-order valence-corrected chi connectivity index (χ0v) is 11.7. The van der Waals surface area contributed by atoms with Crippen LogP contribution in [-0.2, 0) is 6.42 Å². The van der Waals surface area contributed by atoms with Gasteiger partial charge in [0.2, 0.25) is 0 Å². The minimum Gasteiger partial charge on any atom is -0.229 e. The minimum absolute atomic E-state index is 1.09. The van der Waals surface area contributed by atoms with Crippen LogP contribution in [-0.4, -0.2) is 4.98 Å².